The number of rotatable bonds is 5. The zero-order valence-electron chi connectivity index (χ0n) is 16.5. The third kappa shape index (κ3) is 4.03. The summed E-state index contributed by atoms with van der Waals surface area (Å²) in [5.41, 5.74) is 1.58. The topological polar surface area (TPSA) is 73.2 Å². The number of anilines is 1. The van der Waals surface area contributed by atoms with E-state index in [4.69, 9.17) is 4.74 Å². The molecule has 0 bridgehead atoms. The van der Waals surface area contributed by atoms with Crippen LogP contribution in [0.2, 0.25) is 0 Å². The minimum Gasteiger partial charge on any atom is -0.448 e. The van der Waals surface area contributed by atoms with E-state index in [1.807, 2.05) is 0 Å². The summed E-state index contributed by atoms with van der Waals surface area (Å²) in [4.78, 5) is 25.0. The normalized spacial score (nSPS) is 13.5. The number of halogens is 3. The first-order chi connectivity index (χ1) is 14.8. The molecule has 1 heterocycles. The number of amides is 1. The Balaban J connectivity index is 1.53. The summed E-state index contributed by atoms with van der Waals surface area (Å²) >= 11 is 0. The number of nitrogens with one attached hydrogen (secondary N) is 1. The first-order valence-electron chi connectivity index (χ1n) is 9.67. The Bertz CT molecular complexity index is 1140. The van der Waals surface area contributed by atoms with Crippen molar-refractivity contribution >= 4 is 17.6 Å². The van der Waals surface area contributed by atoms with Crippen molar-refractivity contribution < 1.29 is 27.5 Å². The van der Waals surface area contributed by atoms with E-state index in [1.165, 1.54) is 25.1 Å². The van der Waals surface area contributed by atoms with E-state index >= 15 is 0 Å². The van der Waals surface area contributed by atoms with Gasteiger partial charge in [-0.3, -0.25) is 4.79 Å². The average Bonchev–Trinajstić information content (AvgIpc) is 3.34. The minimum absolute atomic E-state index is 0.0635. The Morgan fingerprint density at radius 1 is 1.06 bits per heavy atom. The van der Waals surface area contributed by atoms with Gasteiger partial charge >= 0.3 is 5.97 Å². The molecule has 1 aromatic heterocycles. The van der Waals surface area contributed by atoms with Crippen molar-refractivity contribution in [2.75, 3.05) is 5.32 Å². The molecular formula is C22H18F3N3O3. The van der Waals surface area contributed by atoms with Crippen molar-refractivity contribution in [1.29, 1.82) is 0 Å². The number of benzene rings is 2. The molecule has 2 aromatic carbocycles. The van der Waals surface area contributed by atoms with Crippen LogP contribution in [0.15, 0.2) is 42.5 Å². The van der Waals surface area contributed by atoms with Gasteiger partial charge in [0.15, 0.2) is 11.8 Å². The van der Waals surface area contributed by atoms with Crippen LogP contribution in [0.5, 0.6) is 0 Å². The average molecular weight is 429 g/mol. The maximum Gasteiger partial charge on any atom is 0.359 e. The zero-order chi connectivity index (χ0) is 22.1. The van der Waals surface area contributed by atoms with Gasteiger partial charge in [-0.25, -0.2) is 22.6 Å². The van der Waals surface area contributed by atoms with Crippen LogP contribution in [0, 0.1) is 17.5 Å². The number of carbonyl (C=O) groups excluding carboxylic acids is 2. The van der Waals surface area contributed by atoms with Crippen LogP contribution in [0.3, 0.4) is 0 Å². The molecule has 0 aliphatic heterocycles. The van der Waals surface area contributed by atoms with Gasteiger partial charge in [0.1, 0.15) is 23.1 Å². The third-order valence-corrected chi connectivity index (χ3v) is 5.06. The first kappa shape index (κ1) is 20.6. The molecule has 1 aliphatic carbocycles. The molecule has 0 spiro atoms. The molecule has 31 heavy (non-hydrogen) atoms. The summed E-state index contributed by atoms with van der Waals surface area (Å²) in [5.74, 6) is -3.98. The number of ether oxygens (including phenoxy) is 1. The summed E-state index contributed by atoms with van der Waals surface area (Å²) < 4.78 is 47.5. The fourth-order valence-electron chi connectivity index (χ4n) is 3.51. The number of para-hydroxylation sites is 1. The monoisotopic (exact) mass is 429 g/mol. The van der Waals surface area contributed by atoms with Gasteiger partial charge in [0, 0.05) is 11.3 Å². The second-order valence-corrected chi connectivity index (χ2v) is 7.15. The second kappa shape index (κ2) is 8.25. The highest BCUT2D eigenvalue weighted by molar-refractivity contribution is 5.97. The second-order valence-electron chi connectivity index (χ2n) is 7.15. The Labute approximate surface area is 175 Å². The number of aromatic nitrogens is 2. The van der Waals surface area contributed by atoms with Gasteiger partial charge in [0.25, 0.3) is 5.91 Å². The molecule has 160 valence electrons. The molecule has 3 aromatic rings. The van der Waals surface area contributed by atoms with Gasteiger partial charge in [0.05, 0.1) is 5.69 Å². The van der Waals surface area contributed by atoms with Crippen molar-refractivity contribution in [3.8, 4) is 5.69 Å². The molecule has 4 rings (SSSR count). The van der Waals surface area contributed by atoms with Crippen molar-refractivity contribution in [3.05, 3.63) is 76.9 Å². The quantitative estimate of drug-likeness (QED) is 0.623. The van der Waals surface area contributed by atoms with Crippen molar-refractivity contribution in [1.82, 2.24) is 9.78 Å². The van der Waals surface area contributed by atoms with E-state index < -0.39 is 41.1 Å². The van der Waals surface area contributed by atoms with E-state index in [-0.39, 0.29) is 5.69 Å². The molecule has 0 saturated carbocycles. The van der Waals surface area contributed by atoms with Gasteiger partial charge in [0.2, 0.25) is 0 Å². The number of carbonyl (C=O) groups is 2. The van der Waals surface area contributed by atoms with E-state index in [0.717, 1.165) is 24.2 Å². The summed E-state index contributed by atoms with van der Waals surface area (Å²) in [7, 11) is 0. The lowest BCUT2D eigenvalue weighted by Crippen LogP contribution is -2.31. The number of hydrogen-bond acceptors (Lipinski definition) is 4. The van der Waals surface area contributed by atoms with Crippen molar-refractivity contribution in [3.63, 3.8) is 0 Å². The van der Waals surface area contributed by atoms with E-state index in [9.17, 15) is 22.8 Å². The lowest BCUT2D eigenvalue weighted by Gasteiger charge is -2.14. The molecule has 0 radical (unpaired) electrons. The van der Waals surface area contributed by atoms with Crippen LogP contribution in [0.1, 0.15) is 35.1 Å². The Morgan fingerprint density at radius 2 is 1.74 bits per heavy atom. The summed E-state index contributed by atoms with van der Waals surface area (Å²) in [6.45, 7) is 1.29. The number of esters is 1. The Hall–Kier alpha value is -3.62. The predicted molar refractivity (Wildman–Crippen MR) is 105 cm³/mol. The van der Waals surface area contributed by atoms with E-state index in [0.29, 0.717) is 24.1 Å². The van der Waals surface area contributed by atoms with Crippen molar-refractivity contribution in [2.45, 2.75) is 32.3 Å². The van der Waals surface area contributed by atoms with Gasteiger partial charge in [-0.15, -0.1) is 0 Å². The van der Waals surface area contributed by atoms with E-state index in [1.54, 1.807) is 16.8 Å². The van der Waals surface area contributed by atoms with Crippen LogP contribution in [0.25, 0.3) is 5.69 Å². The smallest absolute Gasteiger partial charge is 0.359 e. The Morgan fingerprint density at radius 3 is 2.42 bits per heavy atom. The highest BCUT2D eigenvalue weighted by Gasteiger charge is 2.30. The van der Waals surface area contributed by atoms with Gasteiger partial charge in [-0.1, -0.05) is 6.07 Å². The lowest BCUT2D eigenvalue weighted by atomic mass is 10.2. The summed E-state index contributed by atoms with van der Waals surface area (Å²) in [6.07, 6.45) is 0.800. The zero-order valence-corrected chi connectivity index (χ0v) is 16.5. The molecule has 1 atom stereocenters. The molecule has 1 unspecified atom stereocenters. The van der Waals surface area contributed by atoms with Gasteiger partial charge < -0.3 is 10.1 Å². The summed E-state index contributed by atoms with van der Waals surface area (Å²) in [6, 6.07) is 8.86. The largest absolute Gasteiger partial charge is 0.448 e. The van der Waals surface area contributed by atoms with Crippen LogP contribution in [-0.2, 0) is 22.4 Å². The number of fused-ring (bicyclic) bond motifs is 1. The molecule has 6 nitrogen and oxygen atoms in total. The van der Waals surface area contributed by atoms with E-state index in [2.05, 4.69) is 10.4 Å². The van der Waals surface area contributed by atoms with Crippen LogP contribution in [-0.4, -0.2) is 27.8 Å². The molecule has 1 N–H and O–H groups in total. The standard InChI is InChI=1S/C22H18F3N3O3/c1-12(21(29)26-20-16(24)5-3-6-17(20)25)31-22(30)19-15-4-2-7-18(15)28(27-19)14-10-8-13(23)9-11-14/h3,5-6,8-12H,2,4,7H2,1H3,(H,26,29). The third-order valence-electron chi connectivity index (χ3n) is 5.06. The van der Waals surface area contributed by atoms with Crippen LogP contribution >= 0.6 is 0 Å². The highest BCUT2D eigenvalue weighted by atomic mass is 19.1. The molecule has 9 heteroatoms. The molecule has 0 fully saturated rings. The fourth-order valence-corrected chi connectivity index (χ4v) is 3.51. The number of nitrogens with zero attached hydrogens (tertiary/aromatic N) is 2. The molecular weight excluding hydrogens is 411 g/mol. The molecule has 0 saturated heterocycles. The highest BCUT2D eigenvalue weighted by Crippen LogP contribution is 2.28. The minimum atomic E-state index is -1.32. The van der Waals surface area contributed by atoms with Gasteiger partial charge in [-0.05, 0) is 62.6 Å². The predicted octanol–water partition coefficient (Wildman–Crippen LogP) is 3.96. The lowest BCUT2D eigenvalue weighted by molar-refractivity contribution is -0.123. The maximum atomic E-state index is 13.7. The fraction of sp³-hybridized carbons (Fsp3) is 0.227. The molecule has 1 amide bonds. The van der Waals surface area contributed by atoms with Crippen LogP contribution in [0.4, 0.5) is 18.9 Å². The maximum absolute atomic E-state index is 13.7. The summed E-state index contributed by atoms with van der Waals surface area (Å²) in [5, 5.41) is 6.42. The number of hydrogen-bond donors (Lipinski definition) is 1. The SMILES string of the molecule is CC(OC(=O)c1nn(-c2ccc(F)cc2)c2c1CCC2)C(=O)Nc1c(F)cccc1F. The molecule has 1 aliphatic rings. The van der Waals surface area contributed by atoms with Gasteiger partial charge in [-0.2, -0.15) is 5.10 Å². The Kier molecular flexibility index (Phi) is 5.50. The van der Waals surface area contributed by atoms with Crippen LogP contribution < -0.4 is 5.32 Å². The van der Waals surface area contributed by atoms with Crippen molar-refractivity contribution in [2.24, 2.45) is 0 Å². The first-order valence-corrected chi connectivity index (χ1v) is 9.67.